The number of aryl methyl sites for hydroxylation is 1. The first kappa shape index (κ1) is 12.0. The summed E-state index contributed by atoms with van der Waals surface area (Å²) in [5, 5.41) is 3.54. The van der Waals surface area contributed by atoms with Crippen molar-refractivity contribution in [3.8, 4) is 0 Å². The van der Waals surface area contributed by atoms with Gasteiger partial charge in [-0.1, -0.05) is 42.5 Å². The van der Waals surface area contributed by atoms with Crippen LogP contribution in [0.5, 0.6) is 0 Å². The Kier molecular flexibility index (Phi) is 2.96. The lowest BCUT2D eigenvalue weighted by atomic mass is 10.0. The summed E-state index contributed by atoms with van der Waals surface area (Å²) >= 11 is 0. The molecule has 0 aromatic heterocycles. The standard InChI is InChI=1S/C18H20N2/c1-3-7-16-14(5-1)9-10-18(16)20-12-11-19-13-15-6-2-4-8-17(15)20/h1-8,18-19H,9-13H2. The highest BCUT2D eigenvalue weighted by Crippen LogP contribution is 2.39. The molecule has 0 saturated heterocycles. The summed E-state index contributed by atoms with van der Waals surface area (Å²) in [5.74, 6) is 0. The van der Waals surface area contributed by atoms with E-state index in [0.717, 1.165) is 19.6 Å². The molecule has 2 heteroatoms. The first-order chi connectivity index (χ1) is 9.93. The van der Waals surface area contributed by atoms with Crippen LogP contribution in [0.3, 0.4) is 0 Å². The third kappa shape index (κ3) is 1.92. The lowest BCUT2D eigenvalue weighted by molar-refractivity contribution is 0.600. The fraction of sp³-hybridized carbons (Fsp3) is 0.333. The maximum Gasteiger partial charge on any atom is 0.0548 e. The van der Waals surface area contributed by atoms with Crippen LogP contribution in [0.25, 0.3) is 0 Å². The van der Waals surface area contributed by atoms with Crippen molar-refractivity contribution in [3.05, 3.63) is 65.2 Å². The molecule has 0 bridgehead atoms. The third-order valence-corrected chi connectivity index (χ3v) is 4.62. The van der Waals surface area contributed by atoms with Crippen LogP contribution in [-0.4, -0.2) is 13.1 Å². The minimum absolute atomic E-state index is 0.548. The first-order valence-corrected chi connectivity index (χ1v) is 7.56. The minimum atomic E-state index is 0.548. The van der Waals surface area contributed by atoms with Crippen molar-refractivity contribution >= 4 is 5.69 Å². The summed E-state index contributed by atoms with van der Waals surface area (Å²) in [7, 11) is 0. The lowest BCUT2D eigenvalue weighted by Crippen LogP contribution is -2.31. The summed E-state index contributed by atoms with van der Waals surface area (Å²) in [5.41, 5.74) is 5.91. The highest BCUT2D eigenvalue weighted by Gasteiger charge is 2.29. The Labute approximate surface area is 120 Å². The molecule has 1 heterocycles. The zero-order chi connectivity index (χ0) is 13.4. The molecule has 1 aliphatic heterocycles. The van der Waals surface area contributed by atoms with E-state index in [0.29, 0.717) is 6.04 Å². The topological polar surface area (TPSA) is 15.3 Å². The second-order valence-electron chi connectivity index (χ2n) is 5.75. The van der Waals surface area contributed by atoms with Gasteiger partial charge in [0, 0.05) is 25.3 Å². The second-order valence-corrected chi connectivity index (χ2v) is 5.75. The molecular weight excluding hydrogens is 244 g/mol. The maximum atomic E-state index is 3.54. The van der Waals surface area contributed by atoms with Crippen LogP contribution in [0.15, 0.2) is 48.5 Å². The van der Waals surface area contributed by atoms with Gasteiger partial charge in [0.1, 0.15) is 0 Å². The Bertz CT molecular complexity index is 620. The highest BCUT2D eigenvalue weighted by molar-refractivity contribution is 5.57. The van der Waals surface area contributed by atoms with Gasteiger partial charge in [-0.2, -0.15) is 0 Å². The Morgan fingerprint density at radius 1 is 0.950 bits per heavy atom. The molecule has 1 atom stereocenters. The number of fused-ring (bicyclic) bond motifs is 2. The monoisotopic (exact) mass is 264 g/mol. The zero-order valence-electron chi connectivity index (χ0n) is 11.7. The van der Waals surface area contributed by atoms with E-state index in [-0.39, 0.29) is 0 Å². The molecule has 1 N–H and O–H groups in total. The summed E-state index contributed by atoms with van der Waals surface area (Å²) in [6.07, 6.45) is 2.46. The molecule has 2 aromatic rings. The van der Waals surface area contributed by atoms with Crippen LogP contribution in [0.4, 0.5) is 5.69 Å². The van der Waals surface area contributed by atoms with Crippen LogP contribution < -0.4 is 10.2 Å². The van der Waals surface area contributed by atoms with Crippen LogP contribution >= 0.6 is 0 Å². The van der Waals surface area contributed by atoms with E-state index < -0.39 is 0 Å². The Morgan fingerprint density at radius 2 is 1.75 bits per heavy atom. The summed E-state index contributed by atoms with van der Waals surface area (Å²) in [6.45, 7) is 3.14. The number of benzene rings is 2. The van der Waals surface area contributed by atoms with Gasteiger partial charge in [0.15, 0.2) is 0 Å². The van der Waals surface area contributed by atoms with E-state index in [4.69, 9.17) is 0 Å². The van der Waals surface area contributed by atoms with Crippen LogP contribution in [0, 0.1) is 0 Å². The molecule has 0 spiro atoms. The highest BCUT2D eigenvalue weighted by atomic mass is 15.2. The van der Waals surface area contributed by atoms with Gasteiger partial charge in [-0.3, -0.25) is 0 Å². The molecule has 0 fully saturated rings. The van der Waals surface area contributed by atoms with Gasteiger partial charge in [-0.15, -0.1) is 0 Å². The lowest BCUT2D eigenvalue weighted by Gasteiger charge is -2.31. The Morgan fingerprint density at radius 3 is 2.70 bits per heavy atom. The number of hydrogen-bond donors (Lipinski definition) is 1. The molecule has 20 heavy (non-hydrogen) atoms. The van der Waals surface area contributed by atoms with Crippen molar-refractivity contribution in [2.75, 3.05) is 18.0 Å². The van der Waals surface area contributed by atoms with Crippen molar-refractivity contribution in [1.29, 1.82) is 0 Å². The van der Waals surface area contributed by atoms with E-state index in [2.05, 4.69) is 58.7 Å². The van der Waals surface area contributed by atoms with E-state index in [1.165, 1.54) is 35.2 Å². The Hall–Kier alpha value is -1.80. The fourth-order valence-corrected chi connectivity index (χ4v) is 3.67. The average molecular weight is 264 g/mol. The zero-order valence-corrected chi connectivity index (χ0v) is 11.7. The van der Waals surface area contributed by atoms with E-state index in [9.17, 15) is 0 Å². The maximum absolute atomic E-state index is 3.54. The van der Waals surface area contributed by atoms with Gasteiger partial charge in [0.05, 0.1) is 6.04 Å². The minimum Gasteiger partial charge on any atom is -0.363 e. The molecule has 0 amide bonds. The van der Waals surface area contributed by atoms with E-state index in [1.54, 1.807) is 0 Å². The molecule has 0 radical (unpaired) electrons. The molecule has 102 valence electrons. The molecule has 2 aliphatic rings. The molecule has 2 aromatic carbocycles. The van der Waals surface area contributed by atoms with Gasteiger partial charge < -0.3 is 10.2 Å². The van der Waals surface area contributed by atoms with Crippen LogP contribution in [0.2, 0.25) is 0 Å². The number of hydrogen-bond acceptors (Lipinski definition) is 2. The van der Waals surface area contributed by atoms with E-state index in [1.807, 2.05) is 0 Å². The molecule has 1 unspecified atom stereocenters. The van der Waals surface area contributed by atoms with Crippen molar-refractivity contribution in [1.82, 2.24) is 5.32 Å². The first-order valence-electron chi connectivity index (χ1n) is 7.56. The van der Waals surface area contributed by atoms with Crippen molar-refractivity contribution < 1.29 is 0 Å². The summed E-state index contributed by atoms with van der Waals surface area (Å²) in [6, 6.07) is 18.3. The number of nitrogens with zero attached hydrogens (tertiary/aromatic N) is 1. The molecule has 2 nitrogen and oxygen atoms in total. The largest absolute Gasteiger partial charge is 0.363 e. The van der Waals surface area contributed by atoms with Gasteiger partial charge >= 0.3 is 0 Å². The van der Waals surface area contributed by atoms with Crippen molar-refractivity contribution in [2.24, 2.45) is 0 Å². The van der Waals surface area contributed by atoms with Crippen molar-refractivity contribution in [3.63, 3.8) is 0 Å². The quantitative estimate of drug-likeness (QED) is 0.850. The second kappa shape index (κ2) is 4.95. The number of anilines is 1. The van der Waals surface area contributed by atoms with Gasteiger partial charge in [-0.25, -0.2) is 0 Å². The normalized spacial score (nSPS) is 21.2. The Balaban J connectivity index is 1.76. The van der Waals surface area contributed by atoms with Crippen LogP contribution in [-0.2, 0) is 13.0 Å². The van der Waals surface area contributed by atoms with Crippen molar-refractivity contribution in [2.45, 2.75) is 25.4 Å². The van der Waals surface area contributed by atoms with Gasteiger partial charge in [-0.05, 0) is 35.6 Å². The number of nitrogens with one attached hydrogen (secondary N) is 1. The third-order valence-electron chi connectivity index (χ3n) is 4.62. The molecular formula is C18H20N2. The smallest absolute Gasteiger partial charge is 0.0548 e. The predicted octanol–water partition coefficient (Wildman–Crippen LogP) is 3.28. The predicted molar refractivity (Wildman–Crippen MR) is 83.0 cm³/mol. The number of rotatable bonds is 1. The number of para-hydroxylation sites is 1. The molecule has 4 rings (SSSR count). The SMILES string of the molecule is c1ccc2c(c1)CCC2N1CCNCc2ccccc21. The average Bonchev–Trinajstić information content (AvgIpc) is 2.81. The van der Waals surface area contributed by atoms with Gasteiger partial charge in [0.2, 0.25) is 0 Å². The summed E-state index contributed by atoms with van der Waals surface area (Å²) < 4.78 is 0. The summed E-state index contributed by atoms with van der Waals surface area (Å²) in [4.78, 5) is 2.61. The van der Waals surface area contributed by atoms with E-state index >= 15 is 0 Å². The molecule has 1 aliphatic carbocycles. The van der Waals surface area contributed by atoms with Crippen LogP contribution in [0.1, 0.15) is 29.2 Å². The molecule has 0 saturated carbocycles. The van der Waals surface area contributed by atoms with Gasteiger partial charge in [0.25, 0.3) is 0 Å². The fourth-order valence-electron chi connectivity index (χ4n) is 3.67.